The number of hydrogen-bond acceptors (Lipinski definition) is 8. The van der Waals surface area contributed by atoms with E-state index in [9.17, 15) is 25.1 Å². The summed E-state index contributed by atoms with van der Waals surface area (Å²) in [5.74, 6) is -1.39. The molecule has 1 aliphatic heterocycles. The number of ether oxygens (including phenoxy) is 1. The van der Waals surface area contributed by atoms with Crippen LogP contribution in [0.4, 0.5) is 5.69 Å². The molecule has 1 heterocycles. The van der Waals surface area contributed by atoms with Crippen LogP contribution in [-0.4, -0.2) is 65.0 Å². The lowest BCUT2D eigenvalue weighted by Crippen LogP contribution is -2.42. The summed E-state index contributed by atoms with van der Waals surface area (Å²) in [7, 11) is 0. The van der Waals surface area contributed by atoms with Crippen LogP contribution in [0.5, 0.6) is 11.5 Å². The zero-order valence-corrected chi connectivity index (χ0v) is 12.1. The van der Waals surface area contributed by atoms with Crippen molar-refractivity contribution in [2.75, 3.05) is 32.8 Å². The molecule has 1 aliphatic rings. The molecule has 124 valence electrons. The highest BCUT2D eigenvalue weighted by atomic mass is 16.6. The number of hydrogen-bond donors (Lipinski definition) is 3. The van der Waals surface area contributed by atoms with Gasteiger partial charge in [0.25, 0.3) is 5.91 Å². The summed E-state index contributed by atoms with van der Waals surface area (Å²) < 4.78 is 5.17. The van der Waals surface area contributed by atoms with E-state index in [1.54, 1.807) is 0 Å². The van der Waals surface area contributed by atoms with Gasteiger partial charge in [-0.05, 0) is 0 Å². The van der Waals surface area contributed by atoms with Crippen LogP contribution in [-0.2, 0) is 9.53 Å². The number of amides is 1. The maximum atomic E-state index is 11.7. The fourth-order valence-corrected chi connectivity index (χ4v) is 2.00. The van der Waals surface area contributed by atoms with E-state index in [2.05, 4.69) is 10.5 Å². The van der Waals surface area contributed by atoms with Gasteiger partial charge in [-0.3, -0.25) is 19.8 Å². The summed E-state index contributed by atoms with van der Waals surface area (Å²) in [6, 6.07) is 1.80. The number of aromatic hydroxyl groups is 2. The number of nitrogens with zero attached hydrogens (tertiary/aromatic N) is 3. The molecule has 23 heavy (non-hydrogen) atoms. The van der Waals surface area contributed by atoms with Crippen LogP contribution < -0.4 is 5.43 Å². The predicted molar refractivity (Wildman–Crippen MR) is 79.4 cm³/mol. The normalized spacial score (nSPS) is 15.7. The fourth-order valence-electron chi connectivity index (χ4n) is 2.00. The molecule has 0 aliphatic carbocycles. The van der Waals surface area contributed by atoms with Gasteiger partial charge in [-0.15, -0.1) is 0 Å². The molecule has 1 fully saturated rings. The molecule has 0 aromatic heterocycles. The van der Waals surface area contributed by atoms with Gasteiger partial charge in [0.2, 0.25) is 0 Å². The highest BCUT2D eigenvalue weighted by molar-refractivity contribution is 5.87. The van der Waals surface area contributed by atoms with Crippen LogP contribution in [0.3, 0.4) is 0 Å². The lowest BCUT2D eigenvalue weighted by Gasteiger charge is -2.25. The number of carbonyl (C=O) groups excluding carboxylic acids is 1. The summed E-state index contributed by atoms with van der Waals surface area (Å²) in [5.41, 5.74) is 1.71. The molecule has 0 saturated carbocycles. The summed E-state index contributed by atoms with van der Waals surface area (Å²) >= 11 is 0. The van der Waals surface area contributed by atoms with Gasteiger partial charge in [0.05, 0.1) is 30.9 Å². The van der Waals surface area contributed by atoms with E-state index in [-0.39, 0.29) is 23.8 Å². The summed E-state index contributed by atoms with van der Waals surface area (Å²) in [4.78, 5) is 23.5. The number of benzene rings is 1. The predicted octanol–water partition coefficient (Wildman–Crippen LogP) is -0.212. The van der Waals surface area contributed by atoms with Crippen LogP contribution in [0.2, 0.25) is 0 Å². The summed E-state index contributed by atoms with van der Waals surface area (Å²) in [6.45, 7) is 2.61. The highest BCUT2D eigenvalue weighted by Gasteiger charge is 2.17. The first kappa shape index (κ1) is 16.6. The van der Waals surface area contributed by atoms with E-state index in [4.69, 9.17) is 4.74 Å². The Morgan fingerprint density at radius 3 is 2.74 bits per heavy atom. The lowest BCUT2D eigenvalue weighted by atomic mass is 10.2. The third kappa shape index (κ3) is 4.63. The highest BCUT2D eigenvalue weighted by Crippen LogP contribution is 2.31. The Kier molecular flexibility index (Phi) is 5.44. The first-order valence-electron chi connectivity index (χ1n) is 6.79. The van der Waals surface area contributed by atoms with Gasteiger partial charge >= 0.3 is 5.69 Å². The number of carbonyl (C=O) groups is 1. The average Bonchev–Trinajstić information content (AvgIpc) is 2.50. The van der Waals surface area contributed by atoms with Gasteiger partial charge in [0.1, 0.15) is 5.75 Å². The van der Waals surface area contributed by atoms with E-state index in [1.165, 1.54) is 0 Å². The Morgan fingerprint density at radius 1 is 1.39 bits per heavy atom. The molecule has 0 radical (unpaired) electrons. The van der Waals surface area contributed by atoms with Crippen LogP contribution in [0, 0.1) is 10.1 Å². The molecule has 1 saturated heterocycles. The molecule has 0 atom stereocenters. The number of nitro benzene ring substituents is 1. The largest absolute Gasteiger partial charge is 0.507 e. The van der Waals surface area contributed by atoms with E-state index < -0.39 is 16.4 Å². The molecule has 1 aromatic carbocycles. The minimum atomic E-state index is -0.789. The molecule has 10 heteroatoms. The Bertz CT molecular complexity index is 627. The quantitative estimate of drug-likeness (QED) is 0.387. The van der Waals surface area contributed by atoms with Crippen LogP contribution in [0.1, 0.15) is 5.56 Å². The van der Waals surface area contributed by atoms with Crippen molar-refractivity contribution in [3.05, 3.63) is 27.8 Å². The molecular formula is C13H16N4O6. The van der Waals surface area contributed by atoms with Crippen molar-refractivity contribution < 1.29 is 24.7 Å². The van der Waals surface area contributed by atoms with Crippen molar-refractivity contribution in [2.45, 2.75) is 0 Å². The number of phenolic OH excluding ortho intramolecular Hbond substituents is 2. The SMILES string of the molecule is O=C(CN1CCOCC1)N/N=C/c1cc([N+](=O)[O-])c(O)cc1O. The zero-order chi connectivity index (χ0) is 16.8. The van der Waals surface area contributed by atoms with Crippen molar-refractivity contribution in [3.63, 3.8) is 0 Å². The van der Waals surface area contributed by atoms with Gasteiger partial charge in [-0.2, -0.15) is 5.10 Å². The van der Waals surface area contributed by atoms with Crippen molar-refractivity contribution >= 4 is 17.8 Å². The maximum absolute atomic E-state index is 11.7. The van der Waals surface area contributed by atoms with Crippen LogP contribution >= 0.6 is 0 Å². The number of rotatable bonds is 5. The number of morpholine rings is 1. The van der Waals surface area contributed by atoms with Gasteiger partial charge in [-0.1, -0.05) is 0 Å². The standard InChI is InChI=1S/C13H16N4O6/c18-11-6-12(19)10(17(21)22)5-9(11)7-14-15-13(20)8-16-1-3-23-4-2-16/h5-7,18-19H,1-4,8H2,(H,15,20)/b14-7+. The third-order valence-corrected chi connectivity index (χ3v) is 3.18. The van der Waals surface area contributed by atoms with Crippen LogP contribution in [0.15, 0.2) is 17.2 Å². The van der Waals surface area contributed by atoms with Gasteiger partial charge < -0.3 is 14.9 Å². The monoisotopic (exact) mass is 324 g/mol. The number of phenols is 2. The molecule has 0 spiro atoms. The van der Waals surface area contributed by atoms with E-state index in [0.717, 1.165) is 18.3 Å². The Labute approximate surface area is 131 Å². The Balaban J connectivity index is 1.95. The topological polar surface area (TPSA) is 138 Å². The summed E-state index contributed by atoms with van der Waals surface area (Å²) in [5, 5.41) is 33.3. The molecule has 3 N–H and O–H groups in total. The second kappa shape index (κ2) is 7.51. The van der Waals surface area contributed by atoms with E-state index in [1.807, 2.05) is 4.90 Å². The number of hydrazone groups is 1. The van der Waals surface area contributed by atoms with E-state index >= 15 is 0 Å². The Morgan fingerprint density at radius 2 is 2.09 bits per heavy atom. The molecule has 0 unspecified atom stereocenters. The maximum Gasteiger partial charge on any atom is 0.311 e. The smallest absolute Gasteiger partial charge is 0.311 e. The van der Waals surface area contributed by atoms with E-state index in [0.29, 0.717) is 26.3 Å². The number of nitro groups is 1. The summed E-state index contributed by atoms with van der Waals surface area (Å²) in [6.07, 6.45) is 1.07. The molecule has 2 rings (SSSR count). The Hall–Kier alpha value is -2.72. The van der Waals surface area contributed by atoms with Crippen molar-refractivity contribution in [1.29, 1.82) is 0 Å². The van der Waals surface area contributed by atoms with Crippen molar-refractivity contribution in [2.24, 2.45) is 5.10 Å². The third-order valence-electron chi connectivity index (χ3n) is 3.18. The average molecular weight is 324 g/mol. The first-order valence-corrected chi connectivity index (χ1v) is 6.79. The van der Waals surface area contributed by atoms with Crippen molar-refractivity contribution in [1.82, 2.24) is 10.3 Å². The van der Waals surface area contributed by atoms with Gasteiger partial charge in [0.15, 0.2) is 5.75 Å². The second-order valence-corrected chi connectivity index (χ2v) is 4.84. The minimum absolute atomic E-state index is 0.00109. The fraction of sp³-hybridized carbons (Fsp3) is 0.385. The number of nitrogens with one attached hydrogen (secondary N) is 1. The van der Waals surface area contributed by atoms with Crippen molar-refractivity contribution in [3.8, 4) is 11.5 Å². The molecular weight excluding hydrogens is 308 g/mol. The van der Waals surface area contributed by atoms with Gasteiger partial charge in [-0.25, -0.2) is 5.43 Å². The molecule has 1 aromatic rings. The molecule has 10 nitrogen and oxygen atoms in total. The zero-order valence-electron chi connectivity index (χ0n) is 12.1. The second-order valence-electron chi connectivity index (χ2n) is 4.84. The lowest BCUT2D eigenvalue weighted by molar-refractivity contribution is -0.385. The van der Waals surface area contributed by atoms with Gasteiger partial charge in [0, 0.05) is 30.8 Å². The molecule has 1 amide bonds. The first-order chi connectivity index (χ1) is 11.0. The minimum Gasteiger partial charge on any atom is -0.507 e. The van der Waals surface area contributed by atoms with Crippen LogP contribution in [0.25, 0.3) is 0 Å². The molecule has 0 bridgehead atoms.